The van der Waals surface area contributed by atoms with E-state index < -0.39 is 0 Å². The Kier molecular flexibility index (Phi) is 4.58. The third kappa shape index (κ3) is 2.75. The normalized spacial score (nSPS) is 16.5. The van der Waals surface area contributed by atoms with E-state index in [1.165, 1.54) is 0 Å². The predicted molar refractivity (Wildman–Crippen MR) is 102 cm³/mol. The highest BCUT2D eigenvalue weighted by Gasteiger charge is 2.34. The third-order valence-corrected chi connectivity index (χ3v) is 6.97. The quantitative estimate of drug-likeness (QED) is 0.513. The fourth-order valence-electron chi connectivity index (χ4n) is 3.61. The minimum Gasteiger partial charge on any atom is -0.842 e. The Morgan fingerprint density at radius 2 is 2.12 bits per heavy atom. The van der Waals surface area contributed by atoms with E-state index >= 15 is 0 Å². The van der Waals surface area contributed by atoms with Crippen LogP contribution in [0.25, 0.3) is 11.1 Å². The highest BCUT2D eigenvalue weighted by molar-refractivity contribution is 8.00. The number of aromatic nitrogens is 3. The first-order chi connectivity index (χ1) is 12.6. The van der Waals surface area contributed by atoms with Crippen molar-refractivity contribution in [2.75, 3.05) is 6.26 Å². The molecule has 2 aromatic heterocycles. The monoisotopic (exact) mass is 385 g/mol. The number of nitrogens with zero attached hydrogens (tertiary/aromatic N) is 3. The highest BCUT2D eigenvalue weighted by Crippen LogP contribution is 2.35. The smallest absolute Gasteiger partial charge is 0.345 e. The van der Waals surface area contributed by atoms with Gasteiger partial charge in [-0.05, 0) is 24.7 Å². The molecule has 0 fully saturated rings. The summed E-state index contributed by atoms with van der Waals surface area (Å²) in [7, 11) is 1.77. The molecule has 1 aliphatic heterocycles. The molecule has 0 amide bonds. The molecule has 0 spiro atoms. The van der Waals surface area contributed by atoms with Crippen molar-refractivity contribution in [1.82, 2.24) is 9.55 Å². The summed E-state index contributed by atoms with van der Waals surface area (Å²) >= 11 is 3.24. The summed E-state index contributed by atoms with van der Waals surface area (Å²) in [4.78, 5) is 18.9. The number of thiazole rings is 1. The van der Waals surface area contributed by atoms with Crippen LogP contribution in [0.2, 0.25) is 0 Å². The number of hydrogen-bond donors (Lipinski definition) is 0. The molecule has 0 N–H and O–H groups in total. The highest BCUT2D eigenvalue weighted by atomic mass is 32.2. The first-order valence-electron chi connectivity index (χ1n) is 8.51. The zero-order chi connectivity index (χ0) is 18.3. The number of thioether (sulfide) groups is 1. The van der Waals surface area contributed by atoms with Gasteiger partial charge < -0.3 is 5.11 Å². The van der Waals surface area contributed by atoms with Gasteiger partial charge in [0, 0.05) is 12.6 Å². The van der Waals surface area contributed by atoms with Crippen LogP contribution in [0.4, 0.5) is 0 Å². The van der Waals surface area contributed by atoms with Crippen molar-refractivity contribution < 1.29 is 9.67 Å². The second-order valence-electron chi connectivity index (χ2n) is 6.34. The molecule has 7 heteroatoms. The van der Waals surface area contributed by atoms with Crippen molar-refractivity contribution in [1.29, 1.82) is 0 Å². The van der Waals surface area contributed by atoms with Gasteiger partial charge in [-0.25, -0.2) is 14.3 Å². The van der Waals surface area contributed by atoms with Crippen molar-refractivity contribution in [3.8, 4) is 17.0 Å². The van der Waals surface area contributed by atoms with Crippen LogP contribution >= 0.6 is 23.1 Å². The number of benzene rings is 1. The van der Waals surface area contributed by atoms with E-state index in [2.05, 4.69) is 4.98 Å². The van der Waals surface area contributed by atoms with E-state index in [1.54, 1.807) is 34.7 Å². The van der Waals surface area contributed by atoms with Gasteiger partial charge in [0.25, 0.3) is 5.82 Å². The largest absolute Gasteiger partial charge is 0.842 e. The second kappa shape index (κ2) is 6.89. The van der Waals surface area contributed by atoms with Crippen LogP contribution in [0, 0.1) is 0 Å². The van der Waals surface area contributed by atoms with Gasteiger partial charge in [-0.15, -0.1) is 11.3 Å². The Bertz CT molecular complexity index is 1010. The first-order valence-corrected chi connectivity index (χ1v) is 10.6. The average molecular weight is 386 g/mol. The van der Waals surface area contributed by atoms with E-state index in [4.69, 9.17) is 0 Å². The van der Waals surface area contributed by atoms with Crippen LogP contribution in [0.1, 0.15) is 29.6 Å². The van der Waals surface area contributed by atoms with Gasteiger partial charge in [0.1, 0.15) is 15.9 Å². The molecule has 3 aromatic rings. The Balaban J connectivity index is 1.96. The summed E-state index contributed by atoms with van der Waals surface area (Å²) in [5, 5.41) is 12.9. The van der Waals surface area contributed by atoms with Crippen LogP contribution < -0.4 is 15.2 Å². The molecule has 4 rings (SSSR count). The van der Waals surface area contributed by atoms with Gasteiger partial charge in [0.05, 0.1) is 17.8 Å². The average Bonchev–Trinajstić information content (AvgIpc) is 3.16. The molecule has 26 heavy (non-hydrogen) atoms. The van der Waals surface area contributed by atoms with E-state index in [0.29, 0.717) is 5.56 Å². The van der Waals surface area contributed by atoms with Crippen molar-refractivity contribution in [3.05, 3.63) is 57.6 Å². The Labute approximate surface area is 160 Å². The fraction of sp³-hybridized carbons (Fsp3) is 0.316. The van der Waals surface area contributed by atoms with Crippen LogP contribution in [0.5, 0.6) is 5.88 Å². The molecule has 134 valence electrons. The summed E-state index contributed by atoms with van der Waals surface area (Å²) < 4.78 is 4.46. The molecular formula is C19H19N3O2S2. The van der Waals surface area contributed by atoms with Crippen LogP contribution in [0.15, 0.2) is 45.7 Å². The molecule has 0 radical (unpaired) electrons. The van der Waals surface area contributed by atoms with Gasteiger partial charge in [-0.3, -0.25) is 0 Å². The Hall–Kier alpha value is -2.12. The standard InChI is InChI=1S/C19H19N3O2S2/c1-21-15-10-6-9-13(14-11-20-19(25-2)26-14)22(15)18(24)16(17(21)23)12-7-4-3-5-8-12/h3-5,7-8,11,13H,6,9-10H2,1-2H3. The zero-order valence-corrected chi connectivity index (χ0v) is 16.3. The third-order valence-electron chi connectivity index (χ3n) is 4.87. The molecule has 0 bridgehead atoms. The molecule has 0 saturated carbocycles. The molecule has 5 nitrogen and oxygen atoms in total. The maximum absolute atomic E-state index is 13.4. The minimum absolute atomic E-state index is 0.0566. The van der Waals surface area contributed by atoms with Crippen LogP contribution in [0.3, 0.4) is 0 Å². The number of rotatable bonds is 3. The minimum atomic E-state index is -0.220. The summed E-state index contributed by atoms with van der Waals surface area (Å²) in [5.41, 5.74) is 0.725. The lowest BCUT2D eigenvalue weighted by atomic mass is 10.0. The van der Waals surface area contributed by atoms with Crippen LogP contribution in [-0.2, 0) is 13.5 Å². The topological polar surface area (TPSA) is 61.8 Å². The van der Waals surface area contributed by atoms with E-state index in [-0.39, 0.29) is 23.0 Å². The number of hydrogen-bond acceptors (Lipinski definition) is 5. The van der Waals surface area contributed by atoms with E-state index in [0.717, 1.165) is 34.3 Å². The van der Waals surface area contributed by atoms with Crippen LogP contribution in [-0.4, -0.2) is 15.8 Å². The molecule has 1 aliphatic rings. The molecule has 0 saturated heterocycles. The van der Waals surface area contributed by atoms with Gasteiger partial charge in [0.15, 0.2) is 0 Å². The predicted octanol–water partition coefficient (Wildman–Crippen LogP) is 2.52. The lowest BCUT2D eigenvalue weighted by molar-refractivity contribution is -0.724. The molecule has 1 unspecified atom stereocenters. The van der Waals surface area contributed by atoms with Gasteiger partial charge >= 0.3 is 5.56 Å². The SMILES string of the molecule is CSc1ncc(C2CCCc3n2c(=O)c(-c2ccccc2)c([O-])[n+]3C)s1. The molecule has 3 heterocycles. The zero-order valence-electron chi connectivity index (χ0n) is 14.6. The second-order valence-corrected chi connectivity index (χ2v) is 8.45. The first kappa shape index (κ1) is 17.3. The van der Waals surface area contributed by atoms with Crippen molar-refractivity contribution in [2.45, 2.75) is 29.6 Å². The van der Waals surface area contributed by atoms with Gasteiger partial charge in [0.2, 0.25) is 0 Å². The van der Waals surface area contributed by atoms with Crippen molar-refractivity contribution in [2.24, 2.45) is 7.05 Å². The molecular weight excluding hydrogens is 366 g/mol. The molecule has 1 aromatic carbocycles. The summed E-state index contributed by atoms with van der Waals surface area (Å²) in [5.74, 6) is 0.581. The molecule has 0 aliphatic carbocycles. The van der Waals surface area contributed by atoms with Crippen molar-refractivity contribution >= 4 is 23.1 Å². The summed E-state index contributed by atoms with van der Waals surface area (Å²) in [6.45, 7) is 0. The molecule has 1 atom stereocenters. The Morgan fingerprint density at radius 3 is 2.81 bits per heavy atom. The van der Waals surface area contributed by atoms with Crippen molar-refractivity contribution in [3.63, 3.8) is 0 Å². The van der Waals surface area contributed by atoms with Gasteiger partial charge in [-0.1, -0.05) is 42.1 Å². The summed E-state index contributed by atoms with van der Waals surface area (Å²) in [6.07, 6.45) is 6.45. The fourth-order valence-corrected chi connectivity index (χ4v) is 5.16. The van der Waals surface area contributed by atoms with E-state index in [1.807, 2.05) is 47.4 Å². The Morgan fingerprint density at radius 1 is 1.35 bits per heavy atom. The lowest BCUT2D eigenvalue weighted by Crippen LogP contribution is -2.49. The van der Waals surface area contributed by atoms with E-state index in [9.17, 15) is 9.90 Å². The van der Waals surface area contributed by atoms with Gasteiger partial charge in [-0.2, -0.15) is 4.57 Å². The summed E-state index contributed by atoms with van der Waals surface area (Å²) in [6, 6.07) is 9.17. The number of fused-ring (bicyclic) bond motifs is 1. The maximum Gasteiger partial charge on any atom is 0.345 e. The maximum atomic E-state index is 13.4. The lowest BCUT2D eigenvalue weighted by Gasteiger charge is -2.25.